The van der Waals surface area contributed by atoms with Gasteiger partial charge in [-0.05, 0) is 63.8 Å². The highest BCUT2D eigenvalue weighted by Crippen LogP contribution is 2.31. The van der Waals surface area contributed by atoms with Gasteiger partial charge in [-0.2, -0.15) is 0 Å². The lowest BCUT2D eigenvalue weighted by molar-refractivity contribution is 1.52. The van der Waals surface area contributed by atoms with Gasteiger partial charge in [-0.15, -0.1) is 0 Å². The van der Waals surface area contributed by atoms with Crippen LogP contribution >= 0.6 is 92.1 Å². The van der Waals surface area contributed by atoms with Crippen LogP contribution in [0.1, 0.15) is 11.1 Å². The summed E-state index contributed by atoms with van der Waals surface area (Å²) >= 11 is 11.4. The molecule has 0 radical (unpaired) electrons. The number of halogens is 4. The van der Waals surface area contributed by atoms with Crippen LogP contribution in [-0.2, 0) is 0 Å². The van der Waals surface area contributed by atoms with Crippen LogP contribution in [0.2, 0.25) is 0 Å². The highest BCUT2D eigenvalue weighted by molar-refractivity contribution is 14.2. The third-order valence-corrected chi connectivity index (χ3v) is 5.37. The first-order valence-corrected chi connectivity index (χ1v) is 14.1. The van der Waals surface area contributed by atoms with E-state index in [4.69, 9.17) is 0 Å². The van der Waals surface area contributed by atoms with Crippen molar-refractivity contribution in [1.82, 2.24) is 0 Å². The molecule has 22 heavy (non-hydrogen) atoms. The average molecular weight is 676 g/mol. The van der Waals surface area contributed by atoms with Gasteiger partial charge in [-0.1, -0.05) is 55.8 Å². The molecule has 0 aliphatic heterocycles. The molecule has 0 nitrogen and oxygen atoms in total. The molecule has 0 saturated heterocycles. The number of hydrogen-bond acceptors (Lipinski definition) is 2. The molecule has 0 aromatic heterocycles. The van der Waals surface area contributed by atoms with Gasteiger partial charge in [0.2, 0.25) is 0 Å². The van der Waals surface area contributed by atoms with Gasteiger partial charge in [0.25, 0.3) is 0 Å². The maximum Gasteiger partial charge on any atom is 0.0344 e. The fourth-order valence-corrected chi connectivity index (χ4v) is 3.54. The van der Waals surface area contributed by atoms with Crippen molar-refractivity contribution in [3.63, 3.8) is 0 Å². The summed E-state index contributed by atoms with van der Waals surface area (Å²) in [6.07, 6.45) is 0. The lowest BCUT2D eigenvalue weighted by Gasteiger charge is -2.09. The summed E-state index contributed by atoms with van der Waals surface area (Å²) in [5.74, 6) is 6.42. The summed E-state index contributed by atoms with van der Waals surface area (Å²) < 4.78 is 2.04. The Morgan fingerprint density at radius 2 is 1.14 bits per heavy atom. The summed E-state index contributed by atoms with van der Waals surface area (Å²) in [4.78, 5) is 0. The van der Waals surface area contributed by atoms with E-state index in [-0.39, 0.29) is 0 Å². The Balaban J connectivity index is 2.66. The molecule has 0 aliphatic rings. The molecule has 6 heteroatoms. The second kappa shape index (κ2) is 9.85. The molecule has 0 bridgehead atoms. The minimum atomic E-state index is 0.992. The van der Waals surface area contributed by atoms with E-state index in [2.05, 4.69) is 109 Å². The fourth-order valence-electron chi connectivity index (χ4n) is 1.86. The minimum Gasteiger partial charge on any atom is -0.0535 e. The third kappa shape index (κ3) is 5.35. The van der Waals surface area contributed by atoms with Crippen LogP contribution in [-0.4, -0.2) is 0 Å². The van der Waals surface area contributed by atoms with Crippen molar-refractivity contribution in [2.75, 3.05) is 0 Å². The Bertz CT molecular complexity index is 745. The van der Waals surface area contributed by atoms with E-state index in [1.54, 1.807) is 0 Å². The van der Waals surface area contributed by atoms with Gasteiger partial charge in [-0.3, -0.25) is 0 Å². The van der Waals surface area contributed by atoms with E-state index in [0.717, 1.165) is 31.2 Å². The average Bonchev–Trinajstić information content (AvgIpc) is 2.51. The molecule has 0 amide bonds. The van der Waals surface area contributed by atoms with Crippen LogP contribution in [0.3, 0.4) is 0 Å². The second-order valence-corrected chi connectivity index (χ2v) is 9.18. The smallest absolute Gasteiger partial charge is 0.0344 e. The normalized spacial score (nSPS) is 9.45. The van der Waals surface area contributed by atoms with Crippen LogP contribution in [0, 0.1) is 22.3 Å². The molecule has 0 heterocycles. The van der Waals surface area contributed by atoms with Gasteiger partial charge in [-0.25, -0.2) is 0 Å². The molecule has 0 fully saturated rings. The molecule has 110 valence electrons. The molecular formula is C16H6Br2I2S2. The molecule has 2 rings (SSSR count). The van der Waals surface area contributed by atoms with E-state index in [9.17, 15) is 0 Å². The van der Waals surface area contributed by atoms with E-state index in [1.165, 1.54) is 17.9 Å². The zero-order chi connectivity index (χ0) is 15.9. The van der Waals surface area contributed by atoms with Crippen molar-refractivity contribution in [2.45, 2.75) is 0 Å². The van der Waals surface area contributed by atoms with Crippen LogP contribution in [0.4, 0.5) is 0 Å². The molecular weight excluding hydrogens is 670 g/mol. The number of benzene rings is 2. The predicted molar refractivity (Wildman–Crippen MR) is 124 cm³/mol. The van der Waals surface area contributed by atoms with Gasteiger partial charge in [0.1, 0.15) is 0 Å². The summed E-state index contributed by atoms with van der Waals surface area (Å²) in [7, 11) is 2.96. The van der Waals surface area contributed by atoms with Gasteiger partial charge in [0, 0.05) is 62.5 Å². The maximum absolute atomic E-state index is 3.52. The Morgan fingerprint density at radius 1 is 0.727 bits per heavy atom. The van der Waals surface area contributed by atoms with E-state index in [0.29, 0.717) is 0 Å². The van der Waals surface area contributed by atoms with Gasteiger partial charge >= 0.3 is 0 Å². The molecule has 0 aliphatic carbocycles. The summed E-state index contributed by atoms with van der Waals surface area (Å²) in [6.45, 7) is 0. The lowest BCUT2D eigenvalue weighted by atomic mass is 9.96. The number of rotatable bonds is 1. The quantitative estimate of drug-likeness (QED) is 0.225. The van der Waals surface area contributed by atoms with Crippen LogP contribution in [0.5, 0.6) is 0 Å². The van der Waals surface area contributed by atoms with Crippen molar-refractivity contribution in [3.8, 4) is 33.5 Å². The Morgan fingerprint density at radius 3 is 1.50 bits per heavy atom. The van der Waals surface area contributed by atoms with Crippen LogP contribution in [0.25, 0.3) is 11.1 Å². The van der Waals surface area contributed by atoms with Gasteiger partial charge in [0.15, 0.2) is 0 Å². The maximum atomic E-state index is 3.52. The molecule has 0 saturated carbocycles. The minimum absolute atomic E-state index is 0.992. The SMILES string of the molecule is Brc1ccc(-c2ccc(Br)cc2C#CSI)c(C#CSI)c1. The zero-order valence-corrected chi connectivity index (χ0v) is 19.9. The lowest BCUT2D eigenvalue weighted by Crippen LogP contribution is -1.89. The molecule has 0 unspecified atom stereocenters. The van der Waals surface area contributed by atoms with Gasteiger partial charge < -0.3 is 0 Å². The van der Waals surface area contributed by atoms with E-state index >= 15 is 0 Å². The fraction of sp³-hybridized carbons (Fsp3) is 0. The molecule has 2 aromatic carbocycles. The summed E-state index contributed by atoms with van der Waals surface area (Å²) in [6, 6.07) is 12.3. The first-order chi connectivity index (χ1) is 10.7. The summed E-state index contributed by atoms with van der Waals surface area (Å²) in [5, 5.41) is 6.12. The highest BCUT2D eigenvalue weighted by Gasteiger charge is 2.09. The predicted octanol–water partition coefficient (Wildman–Crippen LogP) is 7.66. The Kier molecular flexibility index (Phi) is 8.51. The summed E-state index contributed by atoms with van der Waals surface area (Å²) in [5.41, 5.74) is 4.17. The number of hydrogen-bond donors (Lipinski definition) is 0. The molecule has 0 atom stereocenters. The van der Waals surface area contributed by atoms with Crippen LogP contribution in [0.15, 0.2) is 45.3 Å². The zero-order valence-electron chi connectivity index (χ0n) is 10.8. The van der Waals surface area contributed by atoms with Crippen molar-refractivity contribution in [1.29, 1.82) is 0 Å². The topological polar surface area (TPSA) is 0 Å². The van der Waals surface area contributed by atoms with Gasteiger partial charge in [0.05, 0.1) is 0 Å². The highest BCUT2D eigenvalue weighted by atomic mass is 127. The second-order valence-electron chi connectivity index (χ2n) is 3.99. The monoisotopic (exact) mass is 674 g/mol. The first kappa shape index (κ1) is 19.0. The molecule has 0 spiro atoms. The Labute approximate surface area is 179 Å². The van der Waals surface area contributed by atoms with Crippen molar-refractivity contribution < 1.29 is 0 Å². The first-order valence-electron chi connectivity index (χ1n) is 5.82. The van der Waals surface area contributed by atoms with Crippen LogP contribution < -0.4 is 0 Å². The van der Waals surface area contributed by atoms with Crippen molar-refractivity contribution >= 4 is 92.1 Å². The van der Waals surface area contributed by atoms with Crippen molar-refractivity contribution in [3.05, 3.63) is 56.5 Å². The Hall–Kier alpha value is 0.680. The van der Waals surface area contributed by atoms with E-state index in [1.807, 2.05) is 24.3 Å². The third-order valence-electron chi connectivity index (χ3n) is 2.70. The standard InChI is InChI=1S/C16H6Br2I2S2/c17-13-1-3-15(11(9-13)5-7-21-19)16-4-2-14(18)10-12(16)6-8-22-20/h1-4,9-10H. The van der Waals surface area contributed by atoms with E-state index < -0.39 is 0 Å². The molecule has 2 aromatic rings. The van der Waals surface area contributed by atoms with Crippen molar-refractivity contribution in [2.24, 2.45) is 0 Å². The molecule has 0 N–H and O–H groups in total. The largest absolute Gasteiger partial charge is 0.0535 e.